The second-order valence-corrected chi connectivity index (χ2v) is 5.37. The summed E-state index contributed by atoms with van der Waals surface area (Å²) in [6, 6.07) is 7.68. The standard InChI is InChI=1S/C16H16FNO3/c17-13-3-1-12(2-4-13)16(6-7-16)15(20)18-9-14(19)11-5-8-21-10-11/h1-5,8,10,14,19H,6-7,9H2,(H,18,20). The number of amides is 1. The Bertz CT molecular complexity index is 617. The normalized spacial score (nSPS) is 17.2. The molecule has 1 saturated carbocycles. The molecule has 1 fully saturated rings. The smallest absolute Gasteiger partial charge is 0.230 e. The highest BCUT2D eigenvalue weighted by molar-refractivity contribution is 5.91. The summed E-state index contributed by atoms with van der Waals surface area (Å²) >= 11 is 0. The fourth-order valence-electron chi connectivity index (χ4n) is 2.48. The van der Waals surface area contributed by atoms with Gasteiger partial charge in [0.1, 0.15) is 5.82 Å². The van der Waals surface area contributed by atoms with E-state index in [0.29, 0.717) is 5.56 Å². The molecule has 21 heavy (non-hydrogen) atoms. The average Bonchev–Trinajstić information content (AvgIpc) is 3.11. The van der Waals surface area contributed by atoms with Crippen molar-refractivity contribution in [2.45, 2.75) is 24.4 Å². The molecule has 110 valence electrons. The zero-order valence-corrected chi connectivity index (χ0v) is 11.4. The third-order valence-corrected chi connectivity index (χ3v) is 3.97. The predicted molar refractivity (Wildman–Crippen MR) is 74.0 cm³/mol. The van der Waals surface area contributed by atoms with Gasteiger partial charge in [-0.25, -0.2) is 4.39 Å². The molecule has 3 rings (SSSR count). The molecule has 5 heteroatoms. The third-order valence-electron chi connectivity index (χ3n) is 3.97. The summed E-state index contributed by atoms with van der Waals surface area (Å²) in [6.07, 6.45) is 3.61. The maximum absolute atomic E-state index is 13.0. The van der Waals surface area contributed by atoms with Crippen molar-refractivity contribution in [2.75, 3.05) is 6.54 Å². The maximum atomic E-state index is 13.0. The van der Waals surface area contributed by atoms with Crippen molar-refractivity contribution < 1.29 is 18.7 Å². The van der Waals surface area contributed by atoms with Crippen molar-refractivity contribution in [3.05, 3.63) is 59.8 Å². The minimum absolute atomic E-state index is 0.126. The minimum Gasteiger partial charge on any atom is -0.472 e. The molecule has 2 N–H and O–H groups in total. The molecule has 0 bridgehead atoms. The predicted octanol–water partition coefficient (Wildman–Crippen LogP) is 2.30. The number of hydrogen-bond acceptors (Lipinski definition) is 3. The van der Waals surface area contributed by atoms with E-state index in [0.717, 1.165) is 18.4 Å². The summed E-state index contributed by atoms with van der Waals surface area (Å²) in [6.45, 7) is 0.126. The van der Waals surface area contributed by atoms with E-state index in [4.69, 9.17) is 4.42 Å². The molecule has 0 aliphatic heterocycles. The number of benzene rings is 1. The number of carbonyl (C=O) groups excluding carboxylic acids is 1. The Morgan fingerprint density at radius 1 is 1.33 bits per heavy atom. The molecule has 1 heterocycles. The lowest BCUT2D eigenvalue weighted by Crippen LogP contribution is -2.37. The Labute approximate surface area is 121 Å². The van der Waals surface area contributed by atoms with Gasteiger partial charge in [0.05, 0.1) is 24.0 Å². The van der Waals surface area contributed by atoms with Crippen molar-refractivity contribution in [3.63, 3.8) is 0 Å². The van der Waals surface area contributed by atoms with Gasteiger partial charge >= 0.3 is 0 Å². The SMILES string of the molecule is O=C(NCC(O)c1ccoc1)C1(c2ccc(F)cc2)CC1. The average molecular weight is 289 g/mol. The topological polar surface area (TPSA) is 62.5 Å². The Balaban J connectivity index is 1.64. The van der Waals surface area contributed by atoms with Crippen molar-refractivity contribution in [1.82, 2.24) is 5.32 Å². The van der Waals surface area contributed by atoms with Crippen LogP contribution in [0.1, 0.15) is 30.1 Å². The number of halogens is 1. The monoisotopic (exact) mass is 289 g/mol. The Morgan fingerprint density at radius 3 is 2.62 bits per heavy atom. The molecular formula is C16H16FNO3. The van der Waals surface area contributed by atoms with Gasteiger partial charge in [-0.1, -0.05) is 12.1 Å². The fraction of sp³-hybridized carbons (Fsp3) is 0.312. The Kier molecular flexibility index (Phi) is 3.51. The quantitative estimate of drug-likeness (QED) is 0.888. The van der Waals surface area contributed by atoms with Crippen LogP contribution in [0.25, 0.3) is 0 Å². The number of carbonyl (C=O) groups is 1. The number of rotatable bonds is 5. The largest absolute Gasteiger partial charge is 0.472 e. The van der Waals surface area contributed by atoms with Gasteiger partial charge in [0.15, 0.2) is 0 Å². The second kappa shape index (κ2) is 5.33. The third kappa shape index (κ3) is 2.69. The summed E-state index contributed by atoms with van der Waals surface area (Å²) in [5, 5.41) is 12.7. The summed E-state index contributed by atoms with van der Waals surface area (Å²) in [7, 11) is 0. The van der Waals surface area contributed by atoms with E-state index in [-0.39, 0.29) is 18.3 Å². The molecule has 1 aliphatic carbocycles. The molecule has 2 aromatic rings. The molecule has 1 aliphatic rings. The molecule has 1 aromatic carbocycles. The zero-order valence-electron chi connectivity index (χ0n) is 11.4. The Morgan fingerprint density at radius 2 is 2.05 bits per heavy atom. The number of aliphatic hydroxyl groups is 1. The van der Waals surface area contributed by atoms with Gasteiger partial charge in [0.25, 0.3) is 0 Å². The van der Waals surface area contributed by atoms with Crippen molar-refractivity contribution >= 4 is 5.91 Å². The van der Waals surface area contributed by atoms with Crippen LogP contribution in [-0.2, 0) is 10.2 Å². The van der Waals surface area contributed by atoms with Crippen LogP contribution < -0.4 is 5.32 Å². The first-order valence-electron chi connectivity index (χ1n) is 6.86. The van der Waals surface area contributed by atoms with Crippen LogP contribution in [0.5, 0.6) is 0 Å². The zero-order chi connectivity index (χ0) is 14.9. The number of hydrogen-bond donors (Lipinski definition) is 2. The highest BCUT2D eigenvalue weighted by atomic mass is 19.1. The molecule has 1 amide bonds. The molecule has 0 spiro atoms. The van der Waals surface area contributed by atoms with Crippen LogP contribution in [0.2, 0.25) is 0 Å². The van der Waals surface area contributed by atoms with Gasteiger partial charge in [-0.3, -0.25) is 4.79 Å². The van der Waals surface area contributed by atoms with E-state index in [1.165, 1.54) is 24.7 Å². The first-order valence-corrected chi connectivity index (χ1v) is 6.86. The van der Waals surface area contributed by atoms with Crippen LogP contribution >= 0.6 is 0 Å². The highest BCUT2D eigenvalue weighted by Gasteiger charge is 2.51. The summed E-state index contributed by atoms with van der Waals surface area (Å²) in [5.41, 5.74) is 0.880. The van der Waals surface area contributed by atoms with Crippen molar-refractivity contribution in [3.8, 4) is 0 Å². The number of aliphatic hydroxyl groups excluding tert-OH is 1. The van der Waals surface area contributed by atoms with E-state index >= 15 is 0 Å². The second-order valence-electron chi connectivity index (χ2n) is 5.37. The molecule has 1 atom stereocenters. The van der Waals surface area contributed by atoms with Gasteiger partial charge in [0.2, 0.25) is 5.91 Å². The summed E-state index contributed by atoms with van der Waals surface area (Å²) in [4.78, 5) is 12.3. The summed E-state index contributed by atoms with van der Waals surface area (Å²) < 4.78 is 17.9. The first-order chi connectivity index (χ1) is 10.1. The van der Waals surface area contributed by atoms with Crippen LogP contribution in [0.3, 0.4) is 0 Å². The van der Waals surface area contributed by atoms with Gasteiger partial charge in [-0.15, -0.1) is 0 Å². The van der Waals surface area contributed by atoms with E-state index in [1.54, 1.807) is 18.2 Å². The van der Waals surface area contributed by atoms with Crippen molar-refractivity contribution in [1.29, 1.82) is 0 Å². The van der Waals surface area contributed by atoms with Crippen LogP contribution in [0.4, 0.5) is 4.39 Å². The molecule has 1 unspecified atom stereocenters. The summed E-state index contributed by atoms with van der Waals surface area (Å²) in [5.74, 6) is -0.443. The maximum Gasteiger partial charge on any atom is 0.230 e. The van der Waals surface area contributed by atoms with Crippen LogP contribution in [0.15, 0.2) is 47.3 Å². The number of furan rings is 1. The lowest BCUT2D eigenvalue weighted by molar-refractivity contribution is -0.124. The molecular weight excluding hydrogens is 273 g/mol. The van der Waals surface area contributed by atoms with Gasteiger partial charge in [-0.05, 0) is 36.6 Å². The van der Waals surface area contributed by atoms with Gasteiger partial charge in [-0.2, -0.15) is 0 Å². The van der Waals surface area contributed by atoms with Crippen LogP contribution in [0, 0.1) is 5.82 Å². The lowest BCUT2D eigenvalue weighted by Gasteiger charge is -2.17. The molecule has 4 nitrogen and oxygen atoms in total. The van der Waals surface area contributed by atoms with E-state index in [2.05, 4.69) is 5.32 Å². The minimum atomic E-state index is -0.795. The lowest BCUT2D eigenvalue weighted by atomic mass is 9.95. The van der Waals surface area contributed by atoms with Crippen molar-refractivity contribution in [2.24, 2.45) is 0 Å². The molecule has 1 aromatic heterocycles. The van der Waals surface area contributed by atoms with Crippen LogP contribution in [-0.4, -0.2) is 17.6 Å². The van der Waals surface area contributed by atoms with Gasteiger partial charge in [0, 0.05) is 12.1 Å². The van der Waals surface area contributed by atoms with Gasteiger partial charge < -0.3 is 14.8 Å². The molecule has 0 radical (unpaired) electrons. The van der Waals surface area contributed by atoms with E-state index in [1.807, 2.05) is 0 Å². The number of nitrogens with one attached hydrogen (secondary N) is 1. The Hall–Kier alpha value is -2.14. The first kappa shape index (κ1) is 13.8. The highest BCUT2D eigenvalue weighted by Crippen LogP contribution is 2.48. The fourth-order valence-corrected chi connectivity index (χ4v) is 2.48. The van der Waals surface area contributed by atoms with E-state index in [9.17, 15) is 14.3 Å². The van der Waals surface area contributed by atoms with E-state index < -0.39 is 11.5 Å². The molecule has 0 saturated heterocycles.